The lowest BCUT2D eigenvalue weighted by Crippen LogP contribution is -2.35. The van der Waals surface area contributed by atoms with Crippen LogP contribution in [-0.4, -0.2) is 36.5 Å². The van der Waals surface area contributed by atoms with Crippen LogP contribution in [0, 0.1) is 5.82 Å². The van der Waals surface area contributed by atoms with E-state index in [0.717, 1.165) is 10.4 Å². The quantitative estimate of drug-likeness (QED) is 0.597. The van der Waals surface area contributed by atoms with Gasteiger partial charge >= 0.3 is 0 Å². The van der Waals surface area contributed by atoms with E-state index in [1.165, 1.54) is 18.3 Å². The normalized spacial score (nSPS) is 20.6. The van der Waals surface area contributed by atoms with Crippen LogP contribution >= 0.6 is 0 Å². The Morgan fingerprint density at radius 1 is 1.56 bits per heavy atom. The Morgan fingerprint density at radius 3 is 3.00 bits per heavy atom. The topological polar surface area (TPSA) is 79.7 Å². The second-order valence-corrected chi connectivity index (χ2v) is 5.56. The molecule has 2 heterocycles. The highest BCUT2D eigenvalue weighted by molar-refractivity contribution is 7.89. The highest BCUT2D eigenvalue weighted by Crippen LogP contribution is 2.26. The molecule has 0 N–H and O–H groups in total. The molecule has 2 rings (SSSR count). The molecule has 1 atom stereocenters. The lowest BCUT2D eigenvalue weighted by atomic mass is 10.3. The lowest BCUT2D eigenvalue weighted by Gasteiger charge is -2.19. The van der Waals surface area contributed by atoms with E-state index in [2.05, 4.69) is 9.98 Å². The highest BCUT2D eigenvalue weighted by Gasteiger charge is 2.37. The van der Waals surface area contributed by atoms with Crippen LogP contribution in [0.15, 0.2) is 28.3 Å². The van der Waals surface area contributed by atoms with Gasteiger partial charge in [0.25, 0.3) is 10.0 Å². The van der Waals surface area contributed by atoms with Crippen molar-refractivity contribution in [3.05, 3.63) is 24.1 Å². The molecule has 0 radical (unpaired) electrons. The highest BCUT2D eigenvalue weighted by atomic mass is 32.2. The number of halogens is 1. The molecule has 1 aromatic heterocycles. The van der Waals surface area contributed by atoms with Crippen LogP contribution in [0.3, 0.4) is 0 Å². The fourth-order valence-electron chi connectivity index (χ4n) is 1.86. The monoisotopic (exact) mass is 271 g/mol. The van der Waals surface area contributed by atoms with Crippen LogP contribution in [0.4, 0.5) is 4.39 Å². The van der Waals surface area contributed by atoms with Crippen molar-refractivity contribution in [2.24, 2.45) is 4.99 Å². The van der Waals surface area contributed by atoms with Crippen molar-refractivity contribution in [1.82, 2.24) is 9.29 Å². The van der Waals surface area contributed by atoms with Crippen molar-refractivity contribution in [3.8, 4) is 0 Å². The van der Waals surface area contributed by atoms with Gasteiger partial charge in [0.1, 0.15) is 6.17 Å². The summed E-state index contributed by atoms with van der Waals surface area (Å²) >= 11 is 0. The lowest BCUT2D eigenvalue weighted by molar-refractivity contribution is 0.390. The van der Waals surface area contributed by atoms with Gasteiger partial charge in [-0.05, 0) is 25.0 Å². The Hall–Kier alpha value is -1.63. The molecule has 0 aromatic carbocycles. The number of pyridine rings is 1. The summed E-state index contributed by atoms with van der Waals surface area (Å²) in [4.78, 5) is 17.2. The summed E-state index contributed by atoms with van der Waals surface area (Å²) in [5, 5.41) is -0.641. The summed E-state index contributed by atoms with van der Waals surface area (Å²) in [7, 11) is -4.07. The maximum atomic E-state index is 13.5. The Kier molecular flexibility index (Phi) is 3.51. The van der Waals surface area contributed by atoms with Crippen LogP contribution in [0.1, 0.15) is 12.8 Å². The molecule has 0 bridgehead atoms. The fourth-order valence-corrected chi connectivity index (χ4v) is 3.44. The molecular formula is C10H10FN3O3S. The fraction of sp³-hybridized carbons (Fsp3) is 0.400. The number of hydrogen-bond donors (Lipinski definition) is 0. The molecule has 0 saturated carbocycles. The van der Waals surface area contributed by atoms with E-state index in [9.17, 15) is 17.6 Å². The van der Waals surface area contributed by atoms with Gasteiger partial charge < -0.3 is 0 Å². The van der Waals surface area contributed by atoms with E-state index in [1.54, 1.807) is 0 Å². The summed E-state index contributed by atoms with van der Waals surface area (Å²) in [6, 6.07) is 2.33. The van der Waals surface area contributed by atoms with Crippen LogP contribution in [0.5, 0.6) is 0 Å². The minimum atomic E-state index is -4.07. The summed E-state index contributed by atoms with van der Waals surface area (Å²) in [5.74, 6) is -0.918. The Bertz CT molecular complexity index is 598. The van der Waals surface area contributed by atoms with E-state index >= 15 is 0 Å². The molecule has 1 saturated heterocycles. The molecule has 6 nitrogen and oxygen atoms in total. The molecule has 96 valence electrons. The summed E-state index contributed by atoms with van der Waals surface area (Å²) < 4.78 is 38.8. The van der Waals surface area contributed by atoms with Crippen LogP contribution in [0.2, 0.25) is 0 Å². The number of hydrogen-bond acceptors (Lipinski definition) is 5. The molecule has 1 unspecified atom stereocenters. The number of aliphatic imine (C=N–C) groups is 1. The van der Waals surface area contributed by atoms with Gasteiger partial charge in [-0.1, -0.05) is 0 Å². The second kappa shape index (κ2) is 4.93. The SMILES string of the molecule is O=C=NC1CCCN1S(=O)(=O)c1ncccc1F. The number of isocyanates is 1. The first-order valence-electron chi connectivity index (χ1n) is 5.26. The van der Waals surface area contributed by atoms with Crippen LogP contribution < -0.4 is 0 Å². The standard InChI is InChI=1S/C10H10FN3O3S/c11-8-3-1-5-12-10(8)18(16,17)14-6-2-4-9(14)13-7-15/h1,3,5,9H,2,4,6H2. The first-order valence-corrected chi connectivity index (χ1v) is 6.70. The summed E-state index contributed by atoms with van der Waals surface area (Å²) in [6.45, 7) is 0.189. The summed E-state index contributed by atoms with van der Waals surface area (Å²) in [5.41, 5.74) is 0. The minimum Gasteiger partial charge on any atom is -0.241 e. The van der Waals surface area contributed by atoms with E-state index < -0.39 is 27.0 Å². The summed E-state index contributed by atoms with van der Waals surface area (Å²) in [6.07, 6.45) is 2.70. The Morgan fingerprint density at radius 2 is 2.33 bits per heavy atom. The zero-order valence-electron chi connectivity index (χ0n) is 9.28. The van der Waals surface area contributed by atoms with Crippen molar-refractivity contribution < 1.29 is 17.6 Å². The minimum absolute atomic E-state index is 0.189. The van der Waals surface area contributed by atoms with E-state index in [4.69, 9.17) is 0 Å². The van der Waals surface area contributed by atoms with Crippen LogP contribution in [0.25, 0.3) is 0 Å². The molecular weight excluding hydrogens is 261 g/mol. The molecule has 0 amide bonds. The first kappa shape index (κ1) is 12.8. The average Bonchev–Trinajstić information content (AvgIpc) is 2.79. The molecule has 1 fully saturated rings. The number of nitrogens with zero attached hydrogens (tertiary/aromatic N) is 3. The predicted octanol–water partition coefficient (Wildman–Crippen LogP) is 0.667. The van der Waals surface area contributed by atoms with Gasteiger partial charge in [0.05, 0.1) is 0 Å². The molecule has 1 aliphatic heterocycles. The van der Waals surface area contributed by atoms with Gasteiger partial charge in [-0.25, -0.2) is 22.6 Å². The molecule has 0 aliphatic carbocycles. The molecule has 1 aromatic rings. The third-order valence-electron chi connectivity index (χ3n) is 2.65. The van der Waals surface area contributed by atoms with Crippen molar-refractivity contribution in [3.63, 3.8) is 0 Å². The molecule has 1 aliphatic rings. The maximum Gasteiger partial charge on any atom is 0.265 e. The number of aromatic nitrogens is 1. The first-order chi connectivity index (χ1) is 8.57. The van der Waals surface area contributed by atoms with Gasteiger partial charge in [0, 0.05) is 12.7 Å². The van der Waals surface area contributed by atoms with Crippen LogP contribution in [-0.2, 0) is 14.8 Å². The predicted molar refractivity (Wildman–Crippen MR) is 59.2 cm³/mol. The van der Waals surface area contributed by atoms with Gasteiger partial charge in [0.15, 0.2) is 5.82 Å². The smallest absolute Gasteiger partial charge is 0.241 e. The van der Waals surface area contributed by atoms with Gasteiger partial charge in [-0.3, -0.25) is 0 Å². The maximum absolute atomic E-state index is 13.5. The number of sulfonamides is 1. The van der Waals surface area contributed by atoms with Crippen molar-refractivity contribution in [1.29, 1.82) is 0 Å². The largest absolute Gasteiger partial charge is 0.265 e. The van der Waals surface area contributed by atoms with Gasteiger partial charge in [0.2, 0.25) is 11.1 Å². The van der Waals surface area contributed by atoms with E-state index in [1.807, 2.05) is 0 Å². The zero-order valence-corrected chi connectivity index (χ0v) is 10.1. The molecule has 8 heteroatoms. The number of rotatable bonds is 3. The van der Waals surface area contributed by atoms with Crippen molar-refractivity contribution in [2.45, 2.75) is 24.0 Å². The van der Waals surface area contributed by atoms with E-state index in [0.29, 0.717) is 12.8 Å². The number of carbonyl (C=O) groups excluding carboxylic acids is 1. The third-order valence-corrected chi connectivity index (χ3v) is 4.49. The third kappa shape index (κ3) is 2.17. The molecule has 18 heavy (non-hydrogen) atoms. The second-order valence-electron chi connectivity index (χ2n) is 3.75. The van der Waals surface area contributed by atoms with Gasteiger partial charge in [-0.2, -0.15) is 9.30 Å². The Labute approximate surface area is 103 Å². The van der Waals surface area contributed by atoms with Crippen molar-refractivity contribution >= 4 is 16.1 Å². The van der Waals surface area contributed by atoms with Crippen molar-refractivity contribution in [2.75, 3.05) is 6.54 Å². The van der Waals surface area contributed by atoms with Gasteiger partial charge in [-0.15, -0.1) is 0 Å². The zero-order chi connectivity index (χ0) is 13.2. The average molecular weight is 271 g/mol. The Balaban J connectivity index is 2.43. The molecule has 0 spiro atoms. The van der Waals surface area contributed by atoms with E-state index in [-0.39, 0.29) is 6.54 Å².